The van der Waals surface area contributed by atoms with Gasteiger partial charge in [0.15, 0.2) is 5.41 Å². The highest BCUT2D eigenvalue weighted by atomic mass is 16.7. The lowest BCUT2D eigenvalue weighted by molar-refractivity contribution is -0.296. The molecule has 2 aliphatic heterocycles. The van der Waals surface area contributed by atoms with E-state index in [0.717, 1.165) is 12.0 Å². The minimum absolute atomic E-state index is 0.114. The van der Waals surface area contributed by atoms with Crippen molar-refractivity contribution in [2.24, 2.45) is 16.7 Å². The van der Waals surface area contributed by atoms with E-state index in [9.17, 15) is 15.8 Å². The first kappa shape index (κ1) is 21.0. The lowest BCUT2D eigenvalue weighted by atomic mass is 9.50. The summed E-state index contributed by atoms with van der Waals surface area (Å²) >= 11 is 0. The maximum Gasteiger partial charge on any atom is 0.217 e. The third-order valence-corrected chi connectivity index (χ3v) is 7.60. The van der Waals surface area contributed by atoms with E-state index in [1.165, 1.54) is 0 Å². The number of hydrogen-bond donors (Lipinski definition) is 1. The van der Waals surface area contributed by atoms with Crippen LogP contribution in [0.5, 0.6) is 5.75 Å². The molecule has 2 heterocycles. The van der Waals surface area contributed by atoms with Crippen LogP contribution in [-0.2, 0) is 9.47 Å². The van der Waals surface area contributed by atoms with Gasteiger partial charge in [0.05, 0.1) is 31.2 Å². The van der Waals surface area contributed by atoms with Crippen LogP contribution in [0.3, 0.4) is 0 Å². The summed E-state index contributed by atoms with van der Waals surface area (Å²) in [6.45, 7) is 0. The molecule has 0 aromatic heterocycles. The average molecular weight is 438 g/mol. The quantitative estimate of drug-likeness (QED) is 0.747. The largest absolute Gasteiger partial charge is 0.497 e. The monoisotopic (exact) mass is 438 g/mol. The van der Waals surface area contributed by atoms with Crippen LogP contribution < -0.4 is 4.74 Å². The summed E-state index contributed by atoms with van der Waals surface area (Å²) in [6, 6.07) is 23.4. The maximum atomic E-state index is 10.5. The van der Waals surface area contributed by atoms with Crippen molar-refractivity contribution in [1.29, 1.82) is 21.2 Å². The van der Waals surface area contributed by atoms with Gasteiger partial charge in [-0.3, -0.25) is 5.41 Å². The highest BCUT2D eigenvalue weighted by molar-refractivity contribution is 5.89. The molecule has 7 nitrogen and oxygen atoms in total. The zero-order chi connectivity index (χ0) is 23.3. The van der Waals surface area contributed by atoms with Crippen molar-refractivity contribution in [1.82, 2.24) is 0 Å². The third kappa shape index (κ3) is 2.59. The maximum absolute atomic E-state index is 10.5. The van der Waals surface area contributed by atoms with E-state index < -0.39 is 28.6 Å². The van der Waals surface area contributed by atoms with Crippen LogP contribution >= 0.6 is 0 Å². The number of nitriles is 3. The Morgan fingerprint density at radius 1 is 0.970 bits per heavy atom. The molecule has 0 radical (unpaired) electrons. The van der Waals surface area contributed by atoms with Crippen molar-refractivity contribution < 1.29 is 14.2 Å². The Bertz CT molecular complexity index is 1210. The number of nitrogens with zero attached hydrogens (tertiary/aromatic N) is 3. The molecule has 0 amide bonds. The summed E-state index contributed by atoms with van der Waals surface area (Å²) in [5.74, 6) is -1.45. The van der Waals surface area contributed by atoms with Crippen molar-refractivity contribution in [3.8, 4) is 24.0 Å². The van der Waals surface area contributed by atoms with Crippen LogP contribution in [0.1, 0.15) is 42.4 Å². The Kier molecular flexibility index (Phi) is 4.67. The van der Waals surface area contributed by atoms with E-state index in [2.05, 4.69) is 18.2 Å². The molecule has 7 heteroatoms. The lowest BCUT2D eigenvalue weighted by Crippen LogP contribution is -2.60. The summed E-state index contributed by atoms with van der Waals surface area (Å²) in [5, 5.41) is 40.0. The topological polar surface area (TPSA) is 123 Å². The normalized spacial score (nSPS) is 33.5. The van der Waals surface area contributed by atoms with Crippen LogP contribution in [0.4, 0.5) is 0 Å². The highest BCUT2D eigenvalue weighted by Gasteiger charge is 2.81. The number of methoxy groups -OCH3 is 1. The summed E-state index contributed by atoms with van der Waals surface area (Å²) in [7, 11) is 1.55. The predicted octanol–water partition coefficient (Wildman–Crippen LogP) is 4.60. The van der Waals surface area contributed by atoms with Crippen molar-refractivity contribution in [2.75, 3.05) is 7.11 Å². The molecule has 164 valence electrons. The first-order chi connectivity index (χ1) is 16.0. The van der Waals surface area contributed by atoms with Gasteiger partial charge in [-0.25, -0.2) is 0 Å². The molecular formula is C26H22N4O3. The van der Waals surface area contributed by atoms with Crippen molar-refractivity contribution in [2.45, 2.75) is 37.1 Å². The number of benzene rings is 2. The van der Waals surface area contributed by atoms with Gasteiger partial charge in [0.25, 0.3) is 0 Å². The van der Waals surface area contributed by atoms with E-state index in [1.54, 1.807) is 31.4 Å². The first-order valence-corrected chi connectivity index (χ1v) is 10.9. The zero-order valence-corrected chi connectivity index (χ0v) is 18.1. The Balaban J connectivity index is 1.66. The van der Waals surface area contributed by atoms with Crippen LogP contribution in [0.2, 0.25) is 0 Å². The molecule has 0 spiro atoms. The van der Waals surface area contributed by atoms with Crippen LogP contribution in [0.25, 0.3) is 0 Å². The molecule has 5 atom stereocenters. The molecule has 33 heavy (non-hydrogen) atoms. The minimum atomic E-state index is -1.95. The summed E-state index contributed by atoms with van der Waals surface area (Å²) in [4.78, 5) is 0. The van der Waals surface area contributed by atoms with Gasteiger partial charge in [-0.05, 0) is 42.0 Å². The van der Waals surface area contributed by atoms with E-state index >= 15 is 0 Å². The van der Waals surface area contributed by atoms with Crippen molar-refractivity contribution >= 4 is 5.90 Å². The average Bonchev–Trinajstić information content (AvgIpc) is 3.07. The second-order valence-corrected chi connectivity index (χ2v) is 8.90. The third-order valence-electron chi connectivity index (χ3n) is 7.60. The minimum Gasteiger partial charge on any atom is -0.497 e. The second kappa shape index (κ2) is 7.34. The van der Waals surface area contributed by atoms with Crippen LogP contribution in [0, 0.1) is 56.2 Å². The molecule has 5 rings (SSSR count). The molecule has 1 saturated carbocycles. The molecule has 2 bridgehead atoms. The molecule has 1 aliphatic carbocycles. The summed E-state index contributed by atoms with van der Waals surface area (Å²) in [5.41, 5.74) is -1.99. The van der Waals surface area contributed by atoms with Gasteiger partial charge in [-0.15, -0.1) is 0 Å². The molecule has 2 aromatic rings. The predicted molar refractivity (Wildman–Crippen MR) is 117 cm³/mol. The molecule has 2 aromatic carbocycles. The van der Waals surface area contributed by atoms with Gasteiger partial charge in [0.2, 0.25) is 17.1 Å². The smallest absolute Gasteiger partial charge is 0.217 e. The van der Waals surface area contributed by atoms with Crippen LogP contribution in [-0.4, -0.2) is 18.8 Å². The number of hydrogen-bond acceptors (Lipinski definition) is 7. The fraction of sp³-hybridized carbons (Fsp3) is 0.385. The molecular weight excluding hydrogens is 416 g/mol. The lowest BCUT2D eigenvalue weighted by Gasteiger charge is -2.52. The Labute approximate surface area is 192 Å². The van der Waals surface area contributed by atoms with E-state index in [1.807, 2.05) is 30.3 Å². The van der Waals surface area contributed by atoms with Gasteiger partial charge in [0, 0.05) is 6.42 Å². The number of rotatable bonds is 3. The van der Waals surface area contributed by atoms with Crippen molar-refractivity contribution in [3.63, 3.8) is 0 Å². The van der Waals surface area contributed by atoms with Crippen LogP contribution in [0.15, 0.2) is 54.6 Å². The molecule has 3 aliphatic rings. The molecule has 1 N–H and O–H groups in total. The van der Waals surface area contributed by atoms with Crippen molar-refractivity contribution in [3.05, 3.63) is 65.7 Å². The molecule has 3 fully saturated rings. The molecule has 2 saturated heterocycles. The standard InChI is InChI=1S/C26H22N4O3/c1-31-20-9-7-18(8-10-20)22-24(14-27,15-28)25(16-29)21-13-19(17-5-3-2-4-6-17)11-12-26(21,32-22)33-23(25)30/h2-10,19,21-22,30H,11-13H2,1H3. The Hall–Kier alpha value is -3.86. The first-order valence-electron chi connectivity index (χ1n) is 10.9. The second-order valence-electron chi connectivity index (χ2n) is 8.90. The summed E-state index contributed by atoms with van der Waals surface area (Å²) in [6.07, 6.45) is 0.644. The number of ether oxygens (including phenoxy) is 3. The number of nitrogens with one attached hydrogen (secondary N) is 1. The highest BCUT2D eigenvalue weighted by Crippen LogP contribution is 2.70. The van der Waals surface area contributed by atoms with Gasteiger partial charge < -0.3 is 14.2 Å². The fourth-order valence-electron chi connectivity index (χ4n) is 5.95. The van der Waals surface area contributed by atoms with Gasteiger partial charge in [0.1, 0.15) is 11.9 Å². The Morgan fingerprint density at radius 3 is 2.27 bits per heavy atom. The SMILES string of the molecule is COc1ccc(C2OC34CCC(c5ccccc5)CC3C(C#N)(C(=N)O4)C2(C#N)C#N)cc1. The fourth-order valence-corrected chi connectivity index (χ4v) is 5.95. The van der Waals surface area contributed by atoms with Gasteiger partial charge >= 0.3 is 0 Å². The molecule has 5 unspecified atom stereocenters. The summed E-state index contributed by atoms with van der Waals surface area (Å²) < 4.78 is 17.8. The van der Waals surface area contributed by atoms with E-state index in [4.69, 9.17) is 19.6 Å². The zero-order valence-electron chi connectivity index (χ0n) is 18.1. The van der Waals surface area contributed by atoms with Gasteiger partial charge in [-0.2, -0.15) is 15.8 Å². The van der Waals surface area contributed by atoms with E-state index in [-0.39, 0.29) is 11.8 Å². The van der Waals surface area contributed by atoms with Gasteiger partial charge in [-0.1, -0.05) is 42.5 Å². The Morgan fingerprint density at radius 2 is 1.67 bits per heavy atom. The van der Waals surface area contributed by atoms with E-state index in [0.29, 0.717) is 24.2 Å².